The number of amides is 1. The zero-order valence-electron chi connectivity index (χ0n) is 10.8. The molecular formula is C14H14ClN3O2. The number of aromatic nitrogens is 1. The van der Waals surface area contributed by atoms with E-state index in [9.17, 15) is 4.79 Å². The number of nitrogens with one attached hydrogen (secondary N) is 1. The smallest absolute Gasteiger partial charge is 0.234 e. The van der Waals surface area contributed by atoms with Crippen LogP contribution in [0, 0.1) is 0 Å². The van der Waals surface area contributed by atoms with Crippen LogP contribution in [0.25, 0.3) is 11.5 Å². The van der Waals surface area contributed by atoms with Crippen molar-refractivity contribution in [3.05, 3.63) is 41.2 Å². The van der Waals surface area contributed by atoms with Gasteiger partial charge in [0.05, 0.1) is 12.2 Å². The molecule has 1 aliphatic rings. The number of hydrogen-bond donors (Lipinski definition) is 1. The van der Waals surface area contributed by atoms with Gasteiger partial charge in [-0.25, -0.2) is 4.98 Å². The predicted octanol–water partition coefficient (Wildman–Crippen LogP) is 1.93. The van der Waals surface area contributed by atoms with Crippen LogP contribution in [0.2, 0.25) is 5.02 Å². The molecule has 1 aromatic heterocycles. The first-order chi connectivity index (χ1) is 9.70. The van der Waals surface area contributed by atoms with Crippen LogP contribution in [0.4, 0.5) is 0 Å². The third kappa shape index (κ3) is 3.00. The van der Waals surface area contributed by atoms with Crippen LogP contribution in [0.5, 0.6) is 0 Å². The zero-order valence-corrected chi connectivity index (χ0v) is 11.6. The van der Waals surface area contributed by atoms with Crippen molar-refractivity contribution in [2.45, 2.75) is 6.54 Å². The number of carbonyl (C=O) groups excluding carboxylic acids is 1. The molecule has 1 saturated heterocycles. The zero-order chi connectivity index (χ0) is 13.9. The van der Waals surface area contributed by atoms with Gasteiger partial charge in [-0.05, 0) is 24.3 Å². The first-order valence-corrected chi connectivity index (χ1v) is 6.78. The first kappa shape index (κ1) is 13.1. The van der Waals surface area contributed by atoms with Gasteiger partial charge in [0, 0.05) is 30.2 Å². The lowest BCUT2D eigenvalue weighted by atomic mass is 10.2. The Morgan fingerprint density at radius 1 is 1.35 bits per heavy atom. The van der Waals surface area contributed by atoms with Gasteiger partial charge in [0.25, 0.3) is 0 Å². The number of benzene rings is 1. The molecule has 1 amide bonds. The Labute approximate surface area is 121 Å². The Morgan fingerprint density at radius 2 is 2.15 bits per heavy atom. The summed E-state index contributed by atoms with van der Waals surface area (Å²) in [6.45, 7) is 2.53. The molecule has 1 aliphatic heterocycles. The summed E-state index contributed by atoms with van der Waals surface area (Å²) >= 11 is 5.85. The van der Waals surface area contributed by atoms with Crippen molar-refractivity contribution in [1.29, 1.82) is 0 Å². The number of rotatable bonds is 3. The van der Waals surface area contributed by atoms with Crippen LogP contribution in [0.3, 0.4) is 0 Å². The monoisotopic (exact) mass is 291 g/mol. The second kappa shape index (κ2) is 5.64. The van der Waals surface area contributed by atoms with Gasteiger partial charge < -0.3 is 9.73 Å². The van der Waals surface area contributed by atoms with E-state index in [0.717, 1.165) is 17.8 Å². The Balaban J connectivity index is 1.70. The number of hydrogen-bond acceptors (Lipinski definition) is 4. The van der Waals surface area contributed by atoms with E-state index in [4.69, 9.17) is 16.0 Å². The molecule has 2 aromatic rings. The summed E-state index contributed by atoms with van der Waals surface area (Å²) in [7, 11) is 0. The normalized spacial score (nSPS) is 16.1. The van der Waals surface area contributed by atoms with Crippen molar-refractivity contribution in [1.82, 2.24) is 15.2 Å². The van der Waals surface area contributed by atoms with Crippen LogP contribution >= 0.6 is 11.6 Å². The molecule has 104 valence electrons. The number of halogens is 1. The molecule has 0 unspecified atom stereocenters. The van der Waals surface area contributed by atoms with Gasteiger partial charge >= 0.3 is 0 Å². The molecule has 1 N–H and O–H groups in total. The highest BCUT2D eigenvalue weighted by molar-refractivity contribution is 6.30. The molecule has 0 atom stereocenters. The van der Waals surface area contributed by atoms with Crippen LogP contribution in [-0.4, -0.2) is 35.4 Å². The van der Waals surface area contributed by atoms with Crippen molar-refractivity contribution < 1.29 is 9.21 Å². The van der Waals surface area contributed by atoms with Crippen molar-refractivity contribution in [2.75, 3.05) is 19.6 Å². The van der Waals surface area contributed by atoms with Gasteiger partial charge in [-0.1, -0.05) is 11.6 Å². The average Bonchev–Trinajstić information content (AvgIpc) is 2.88. The SMILES string of the molecule is O=C1CN(Cc2coc(-c3ccc(Cl)cc3)n2)CCN1. The highest BCUT2D eigenvalue weighted by atomic mass is 35.5. The average molecular weight is 292 g/mol. The van der Waals surface area contributed by atoms with Crippen molar-refractivity contribution >= 4 is 17.5 Å². The maximum Gasteiger partial charge on any atom is 0.234 e. The van der Waals surface area contributed by atoms with Crippen molar-refractivity contribution in [3.8, 4) is 11.5 Å². The molecule has 0 radical (unpaired) electrons. The summed E-state index contributed by atoms with van der Waals surface area (Å²) in [4.78, 5) is 17.8. The second-order valence-corrected chi connectivity index (χ2v) is 5.15. The number of nitrogens with zero attached hydrogens (tertiary/aromatic N) is 2. The molecule has 3 rings (SSSR count). The number of carbonyl (C=O) groups is 1. The fourth-order valence-electron chi connectivity index (χ4n) is 2.16. The largest absolute Gasteiger partial charge is 0.444 e. The summed E-state index contributed by atoms with van der Waals surface area (Å²) in [6, 6.07) is 7.34. The molecule has 1 aromatic carbocycles. The van der Waals surface area contributed by atoms with Gasteiger partial charge in [-0.15, -0.1) is 0 Å². The summed E-state index contributed by atoms with van der Waals surface area (Å²) in [5, 5.41) is 3.48. The molecule has 6 heteroatoms. The molecule has 20 heavy (non-hydrogen) atoms. The lowest BCUT2D eigenvalue weighted by molar-refractivity contribution is -0.124. The van der Waals surface area contributed by atoms with Crippen LogP contribution in [0.1, 0.15) is 5.69 Å². The summed E-state index contributed by atoms with van der Waals surface area (Å²) < 4.78 is 5.48. The fraction of sp³-hybridized carbons (Fsp3) is 0.286. The van der Waals surface area contributed by atoms with E-state index in [1.165, 1.54) is 0 Å². The fourth-order valence-corrected chi connectivity index (χ4v) is 2.29. The molecule has 1 fully saturated rings. The van der Waals surface area contributed by atoms with Gasteiger partial charge in [-0.2, -0.15) is 0 Å². The molecule has 0 saturated carbocycles. The van der Waals surface area contributed by atoms with E-state index in [1.54, 1.807) is 18.4 Å². The van der Waals surface area contributed by atoms with Crippen molar-refractivity contribution in [3.63, 3.8) is 0 Å². The lowest BCUT2D eigenvalue weighted by Gasteiger charge is -2.25. The number of oxazole rings is 1. The number of piperazine rings is 1. The topological polar surface area (TPSA) is 58.4 Å². The Bertz CT molecular complexity index is 609. The lowest BCUT2D eigenvalue weighted by Crippen LogP contribution is -2.47. The molecule has 0 aliphatic carbocycles. The van der Waals surface area contributed by atoms with Gasteiger partial charge in [0.1, 0.15) is 6.26 Å². The summed E-state index contributed by atoms with van der Waals surface area (Å²) in [6.07, 6.45) is 1.64. The summed E-state index contributed by atoms with van der Waals surface area (Å²) in [5.41, 5.74) is 1.71. The summed E-state index contributed by atoms with van der Waals surface area (Å²) in [5.74, 6) is 0.621. The quantitative estimate of drug-likeness (QED) is 0.939. The minimum absolute atomic E-state index is 0.0534. The molecule has 0 spiro atoms. The third-order valence-electron chi connectivity index (χ3n) is 3.15. The minimum Gasteiger partial charge on any atom is -0.444 e. The van der Waals surface area contributed by atoms with Crippen LogP contribution in [-0.2, 0) is 11.3 Å². The minimum atomic E-state index is 0.0534. The Morgan fingerprint density at radius 3 is 2.90 bits per heavy atom. The van der Waals surface area contributed by atoms with Crippen LogP contribution in [0.15, 0.2) is 34.9 Å². The molecule has 2 heterocycles. The third-order valence-corrected chi connectivity index (χ3v) is 3.40. The maximum absolute atomic E-state index is 11.3. The van der Waals surface area contributed by atoms with E-state index >= 15 is 0 Å². The molecular weight excluding hydrogens is 278 g/mol. The molecule has 0 bridgehead atoms. The Hall–Kier alpha value is -1.85. The Kier molecular flexibility index (Phi) is 3.71. The van der Waals surface area contributed by atoms with Gasteiger partial charge in [0.15, 0.2) is 0 Å². The van der Waals surface area contributed by atoms with E-state index in [1.807, 2.05) is 17.0 Å². The highest BCUT2D eigenvalue weighted by Gasteiger charge is 2.17. The van der Waals surface area contributed by atoms with Crippen LogP contribution < -0.4 is 5.32 Å². The van der Waals surface area contributed by atoms with Gasteiger partial charge in [-0.3, -0.25) is 9.69 Å². The van der Waals surface area contributed by atoms with E-state index in [0.29, 0.717) is 30.5 Å². The molecule has 5 nitrogen and oxygen atoms in total. The first-order valence-electron chi connectivity index (χ1n) is 6.40. The standard InChI is InChI=1S/C14H14ClN3O2/c15-11-3-1-10(2-4-11)14-17-12(9-20-14)7-18-6-5-16-13(19)8-18/h1-4,9H,5-8H2,(H,16,19). The van der Waals surface area contributed by atoms with E-state index in [2.05, 4.69) is 10.3 Å². The predicted molar refractivity (Wildman–Crippen MR) is 75.2 cm³/mol. The van der Waals surface area contributed by atoms with Crippen molar-refractivity contribution in [2.24, 2.45) is 0 Å². The van der Waals surface area contributed by atoms with E-state index in [-0.39, 0.29) is 5.91 Å². The van der Waals surface area contributed by atoms with Gasteiger partial charge in [0.2, 0.25) is 11.8 Å². The highest BCUT2D eigenvalue weighted by Crippen LogP contribution is 2.21. The van der Waals surface area contributed by atoms with E-state index < -0.39 is 0 Å². The second-order valence-electron chi connectivity index (χ2n) is 4.71. The maximum atomic E-state index is 11.3.